The summed E-state index contributed by atoms with van der Waals surface area (Å²) in [6, 6.07) is 0. The van der Waals surface area contributed by atoms with Crippen molar-refractivity contribution in [2.45, 2.75) is 18.1 Å². The summed E-state index contributed by atoms with van der Waals surface area (Å²) in [7, 11) is 0. The average Bonchev–Trinajstić information content (AvgIpc) is 2.92. The van der Waals surface area contributed by atoms with Crippen LogP contribution in [0.3, 0.4) is 0 Å². The molecule has 0 aromatic carbocycles. The van der Waals surface area contributed by atoms with Crippen LogP contribution >= 0.6 is 24.2 Å². The molecule has 0 aromatic rings. The van der Waals surface area contributed by atoms with Gasteiger partial charge in [-0.25, -0.2) is 0 Å². The van der Waals surface area contributed by atoms with Gasteiger partial charge in [-0.2, -0.15) is 0 Å². The number of carbonyl (C=O) groups is 1. The predicted octanol–water partition coefficient (Wildman–Crippen LogP) is 0.982. The fourth-order valence-corrected chi connectivity index (χ4v) is 4.25. The molecular weight excluding hydrogens is 244 g/mol. The Morgan fingerprint density at radius 2 is 1.94 bits per heavy atom. The van der Waals surface area contributed by atoms with Crippen LogP contribution in [0.4, 0.5) is 0 Å². The molecule has 3 saturated heterocycles. The maximum Gasteiger partial charge on any atom is 0.235 e. The maximum atomic E-state index is 12.2. The highest BCUT2D eigenvalue weighted by Gasteiger charge is 2.40. The third kappa shape index (κ3) is 2.20. The summed E-state index contributed by atoms with van der Waals surface area (Å²) < 4.78 is 0. The molecule has 0 aromatic heterocycles. The number of nitrogens with one attached hydrogen (secondary N) is 1. The number of hydrogen-bond acceptors (Lipinski definition) is 3. The van der Waals surface area contributed by atoms with E-state index in [4.69, 9.17) is 0 Å². The number of fused-ring (bicyclic) bond motifs is 1. The second kappa shape index (κ2) is 5.15. The van der Waals surface area contributed by atoms with Crippen molar-refractivity contribution >= 4 is 30.1 Å². The van der Waals surface area contributed by atoms with E-state index in [2.05, 4.69) is 10.2 Å². The van der Waals surface area contributed by atoms with Gasteiger partial charge >= 0.3 is 0 Å². The number of likely N-dealkylation sites (tertiary alicyclic amines) is 1. The van der Waals surface area contributed by atoms with Gasteiger partial charge in [0.25, 0.3) is 0 Å². The SMILES string of the molecule is Cl.O=C(C1CCCS1)N1C[C@H]2CNC[C@H]2C1. The van der Waals surface area contributed by atoms with Gasteiger partial charge in [0.05, 0.1) is 5.25 Å². The molecule has 0 saturated carbocycles. The third-order valence-corrected chi connectivity index (χ3v) is 5.27. The van der Waals surface area contributed by atoms with Crippen LogP contribution in [-0.4, -0.2) is 48.0 Å². The van der Waals surface area contributed by atoms with Crippen molar-refractivity contribution in [3.8, 4) is 0 Å². The molecule has 3 nitrogen and oxygen atoms in total. The maximum absolute atomic E-state index is 12.2. The van der Waals surface area contributed by atoms with E-state index in [-0.39, 0.29) is 17.7 Å². The zero-order valence-corrected chi connectivity index (χ0v) is 11.0. The number of thioether (sulfide) groups is 1. The number of rotatable bonds is 1. The first-order valence-corrected chi connectivity index (χ1v) is 7.00. The van der Waals surface area contributed by atoms with Crippen molar-refractivity contribution in [3.63, 3.8) is 0 Å². The van der Waals surface area contributed by atoms with Gasteiger partial charge in [-0.1, -0.05) is 0 Å². The van der Waals surface area contributed by atoms with Gasteiger partial charge in [-0.3, -0.25) is 4.79 Å². The van der Waals surface area contributed by atoms with Gasteiger partial charge in [0.15, 0.2) is 0 Å². The van der Waals surface area contributed by atoms with Crippen LogP contribution in [0.25, 0.3) is 0 Å². The third-order valence-electron chi connectivity index (χ3n) is 3.91. The Morgan fingerprint density at radius 1 is 1.25 bits per heavy atom. The lowest BCUT2D eigenvalue weighted by Crippen LogP contribution is -2.37. The van der Waals surface area contributed by atoms with Crippen molar-refractivity contribution in [3.05, 3.63) is 0 Å². The van der Waals surface area contributed by atoms with Crippen LogP contribution in [0.2, 0.25) is 0 Å². The molecule has 1 amide bonds. The Hall–Kier alpha value is 0.0700. The molecule has 0 aliphatic carbocycles. The number of nitrogens with zero attached hydrogens (tertiary/aromatic N) is 1. The fraction of sp³-hybridized carbons (Fsp3) is 0.909. The van der Waals surface area contributed by atoms with Crippen LogP contribution in [0.1, 0.15) is 12.8 Å². The van der Waals surface area contributed by atoms with E-state index in [0.29, 0.717) is 5.91 Å². The van der Waals surface area contributed by atoms with Crippen LogP contribution in [0, 0.1) is 11.8 Å². The minimum absolute atomic E-state index is 0. The standard InChI is InChI=1S/C11H18N2OS.ClH/c14-11(10-2-1-3-15-10)13-6-8-4-12-5-9(8)7-13;/h8-10,12H,1-7H2;1H/t8-,9+,10?;. The van der Waals surface area contributed by atoms with E-state index >= 15 is 0 Å². The van der Waals surface area contributed by atoms with Crippen LogP contribution in [-0.2, 0) is 4.79 Å². The van der Waals surface area contributed by atoms with Gasteiger partial charge in [-0.05, 0) is 30.4 Å². The molecule has 1 N–H and O–H groups in total. The molecule has 5 heteroatoms. The molecule has 1 unspecified atom stereocenters. The van der Waals surface area contributed by atoms with E-state index < -0.39 is 0 Å². The molecular formula is C11H19ClN2OS. The minimum atomic E-state index is 0. The first-order valence-electron chi connectivity index (χ1n) is 5.95. The molecule has 3 heterocycles. The first kappa shape index (κ1) is 12.5. The number of hydrogen-bond donors (Lipinski definition) is 1. The van der Waals surface area contributed by atoms with Gasteiger partial charge in [0.2, 0.25) is 5.91 Å². The van der Waals surface area contributed by atoms with E-state index in [1.807, 2.05) is 11.8 Å². The summed E-state index contributed by atoms with van der Waals surface area (Å²) in [4.78, 5) is 14.3. The van der Waals surface area contributed by atoms with Crippen LogP contribution < -0.4 is 5.32 Å². The molecule has 16 heavy (non-hydrogen) atoms. The molecule has 0 bridgehead atoms. The van der Waals surface area contributed by atoms with Crippen molar-refractivity contribution in [2.24, 2.45) is 11.8 Å². The second-order valence-electron chi connectivity index (χ2n) is 4.92. The van der Waals surface area contributed by atoms with E-state index in [1.54, 1.807) is 0 Å². The number of halogens is 1. The normalized spacial score (nSPS) is 37.2. The van der Waals surface area contributed by atoms with E-state index in [0.717, 1.165) is 44.4 Å². The summed E-state index contributed by atoms with van der Waals surface area (Å²) >= 11 is 1.86. The molecule has 0 radical (unpaired) electrons. The number of carbonyl (C=O) groups excluding carboxylic acids is 1. The fourth-order valence-electron chi connectivity index (χ4n) is 3.01. The van der Waals surface area contributed by atoms with Crippen molar-refractivity contribution < 1.29 is 4.79 Å². The van der Waals surface area contributed by atoms with Gasteiger partial charge in [-0.15, -0.1) is 24.2 Å². The first-order chi connectivity index (χ1) is 7.34. The molecule has 3 aliphatic heterocycles. The van der Waals surface area contributed by atoms with Crippen molar-refractivity contribution in [1.82, 2.24) is 10.2 Å². The highest BCUT2D eigenvalue weighted by atomic mass is 35.5. The Labute approximate surface area is 107 Å². The lowest BCUT2D eigenvalue weighted by molar-refractivity contribution is -0.129. The molecule has 3 atom stereocenters. The predicted molar refractivity (Wildman–Crippen MR) is 69.2 cm³/mol. The Bertz CT molecular complexity index is 259. The molecule has 3 aliphatic rings. The van der Waals surface area contributed by atoms with Crippen LogP contribution in [0.15, 0.2) is 0 Å². The Balaban J connectivity index is 0.000000963. The highest BCUT2D eigenvalue weighted by Crippen LogP contribution is 2.32. The topological polar surface area (TPSA) is 32.3 Å². The summed E-state index contributed by atoms with van der Waals surface area (Å²) in [5.41, 5.74) is 0. The summed E-state index contributed by atoms with van der Waals surface area (Å²) in [5, 5.41) is 3.70. The van der Waals surface area contributed by atoms with E-state index in [1.165, 1.54) is 12.2 Å². The monoisotopic (exact) mass is 262 g/mol. The van der Waals surface area contributed by atoms with Crippen LogP contribution in [0.5, 0.6) is 0 Å². The molecule has 3 fully saturated rings. The zero-order valence-electron chi connectivity index (χ0n) is 9.35. The largest absolute Gasteiger partial charge is 0.341 e. The van der Waals surface area contributed by atoms with Crippen molar-refractivity contribution in [2.75, 3.05) is 31.9 Å². The highest BCUT2D eigenvalue weighted by molar-refractivity contribution is 8.00. The second-order valence-corrected chi connectivity index (χ2v) is 6.23. The lowest BCUT2D eigenvalue weighted by atomic mass is 10.0. The van der Waals surface area contributed by atoms with E-state index in [9.17, 15) is 4.79 Å². The Morgan fingerprint density at radius 3 is 2.50 bits per heavy atom. The molecule has 92 valence electrons. The summed E-state index contributed by atoms with van der Waals surface area (Å²) in [5.74, 6) is 3.08. The molecule has 0 spiro atoms. The van der Waals surface area contributed by atoms with Crippen molar-refractivity contribution in [1.29, 1.82) is 0 Å². The lowest BCUT2D eigenvalue weighted by Gasteiger charge is -2.20. The molecule has 3 rings (SSSR count). The van der Waals surface area contributed by atoms with Gasteiger partial charge in [0.1, 0.15) is 0 Å². The summed E-state index contributed by atoms with van der Waals surface area (Å²) in [6.07, 6.45) is 2.33. The van der Waals surface area contributed by atoms with Gasteiger partial charge in [0, 0.05) is 26.2 Å². The zero-order chi connectivity index (χ0) is 10.3. The van der Waals surface area contributed by atoms with Gasteiger partial charge < -0.3 is 10.2 Å². The minimum Gasteiger partial charge on any atom is -0.341 e. The smallest absolute Gasteiger partial charge is 0.235 e. The number of amides is 1. The quantitative estimate of drug-likeness (QED) is 0.765. The Kier molecular flexibility index (Phi) is 4.03. The average molecular weight is 263 g/mol. The summed E-state index contributed by atoms with van der Waals surface area (Å²) in [6.45, 7) is 4.25.